The Bertz CT molecular complexity index is 1420. The molecule has 1 atom stereocenters. The third kappa shape index (κ3) is 54.9. The van der Waals surface area contributed by atoms with Crippen molar-refractivity contribution >= 4 is 17.9 Å². The average molecular weight is 958 g/mol. The molecule has 0 radical (unpaired) electrons. The van der Waals surface area contributed by atoms with E-state index < -0.39 is 6.10 Å². The highest BCUT2D eigenvalue weighted by Crippen LogP contribution is 2.15. The summed E-state index contributed by atoms with van der Waals surface area (Å²) in [6, 6.07) is 0. The Labute approximate surface area is 425 Å². The summed E-state index contributed by atoms with van der Waals surface area (Å²) < 4.78 is 16.8. The van der Waals surface area contributed by atoms with E-state index >= 15 is 0 Å². The lowest BCUT2D eigenvalue weighted by Crippen LogP contribution is -2.30. The van der Waals surface area contributed by atoms with Gasteiger partial charge in [-0.05, 0) is 96.3 Å². The molecule has 0 amide bonds. The van der Waals surface area contributed by atoms with E-state index in [1.54, 1.807) is 0 Å². The second-order valence-electron chi connectivity index (χ2n) is 18.5. The Morgan fingerprint density at radius 1 is 0.304 bits per heavy atom. The van der Waals surface area contributed by atoms with Crippen molar-refractivity contribution in [2.45, 2.75) is 258 Å². The van der Waals surface area contributed by atoms with Gasteiger partial charge in [-0.15, -0.1) is 0 Å². The number of unbranched alkanes of at least 4 members (excludes halogenated alkanes) is 21. The van der Waals surface area contributed by atoms with Crippen LogP contribution in [0.25, 0.3) is 0 Å². The first-order valence-electron chi connectivity index (χ1n) is 28.4. The summed E-state index contributed by atoms with van der Waals surface area (Å²) in [6.07, 6.45) is 76.5. The maximum absolute atomic E-state index is 12.9. The first kappa shape index (κ1) is 65.1. The molecule has 0 aromatic carbocycles. The molecule has 0 unspecified atom stereocenters. The van der Waals surface area contributed by atoms with Crippen LogP contribution in [0.3, 0.4) is 0 Å². The third-order valence-electron chi connectivity index (χ3n) is 11.8. The van der Waals surface area contributed by atoms with Gasteiger partial charge in [-0.3, -0.25) is 14.4 Å². The van der Waals surface area contributed by atoms with Gasteiger partial charge in [0.1, 0.15) is 13.2 Å². The van der Waals surface area contributed by atoms with Crippen molar-refractivity contribution < 1.29 is 28.6 Å². The molecular weight excluding hydrogens is 853 g/mol. The molecule has 392 valence electrons. The van der Waals surface area contributed by atoms with Gasteiger partial charge >= 0.3 is 17.9 Å². The lowest BCUT2D eigenvalue weighted by atomic mass is 10.0. The largest absolute Gasteiger partial charge is 0.462 e. The minimum atomic E-state index is -0.816. The standard InChI is InChI=1S/C63H104O6/c1-4-7-10-13-16-19-22-25-27-29-31-33-35-38-41-44-47-50-53-56-62(65)68-59-60(58-67-61(64)55-52-49-46-43-40-37-24-21-18-15-12-9-6-3)69-63(66)57-54-51-48-45-42-39-36-34-32-30-28-26-23-20-17-14-11-8-5-2/h7,10,16-17,19-20,25-28,31-34,38,41,47,50,60H,4-6,8-9,11-15,18,21-24,29-30,35-37,39-40,42-46,48-49,51-59H2,1-3H3/b10-7-,19-16-,20-17-,27-25-,28-26-,33-31-,34-32-,41-38-,50-47-/t60-/m1/s1. The van der Waals surface area contributed by atoms with Crippen LogP contribution in [0, 0.1) is 0 Å². The van der Waals surface area contributed by atoms with Gasteiger partial charge in [0.2, 0.25) is 0 Å². The van der Waals surface area contributed by atoms with Gasteiger partial charge in [0.25, 0.3) is 0 Å². The Morgan fingerprint density at radius 3 is 1.00 bits per heavy atom. The van der Waals surface area contributed by atoms with Crippen molar-refractivity contribution in [3.63, 3.8) is 0 Å². The maximum Gasteiger partial charge on any atom is 0.306 e. The molecule has 0 fully saturated rings. The quantitative estimate of drug-likeness (QED) is 0.0262. The van der Waals surface area contributed by atoms with Gasteiger partial charge in [-0.2, -0.15) is 0 Å². The fraction of sp³-hybridized carbons (Fsp3) is 0.667. The zero-order valence-electron chi connectivity index (χ0n) is 44.8. The molecule has 0 bridgehead atoms. The lowest BCUT2D eigenvalue weighted by Gasteiger charge is -2.18. The predicted octanol–water partition coefficient (Wildman–Crippen LogP) is 19.1. The van der Waals surface area contributed by atoms with Crippen LogP contribution >= 0.6 is 0 Å². The molecule has 0 aromatic heterocycles. The number of carbonyl (C=O) groups excluding carboxylic acids is 3. The zero-order valence-corrected chi connectivity index (χ0v) is 44.8. The van der Waals surface area contributed by atoms with Crippen LogP contribution < -0.4 is 0 Å². The molecule has 0 heterocycles. The van der Waals surface area contributed by atoms with E-state index in [9.17, 15) is 14.4 Å². The van der Waals surface area contributed by atoms with E-state index in [2.05, 4.69) is 124 Å². The van der Waals surface area contributed by atoms with E-state index in [-0.39, 0.29) is 37.5 Å². The molecule has 0 aliphatic heterocycles. The van der Waals surface area contributed by atoms with E-state index in [0.717, 1.165) is 103 Å². The topological polar surface area (TPSA) is 78.9 Å². The van der Waals surface area contributed by atoms with Gasteiger partial charge in [-0.25, -0.2) is 0 Å². The van der Waals surface area contributed by atoms with E-state index in [1.165, 1.54) is 103 Å². The average Bonchev–Trinajstić information content (AvgIpc) is 3.35. The summed E-state index contributed by atoms with van der Waals surface area (Å²) in [5, 5.41) is 0. The molecule has 0 aliphatic carbocycles. The number of hydrogen-bond donors (Lipinski definition) is 0. The predicted molar refractivity (Wildman–Crippen MR) is 297 cm³/mol. The fourth-order valence-electron chi connectivity index (χ4n) is 7.53. The van der Waals surface area contributed by atoms with Crippen LogP contribution in [0.4, 0.5) is 0 Å². The molecule has 0 rings (SSSR count). The van der Waals surface area contributed by atoms with Crippen molar-refractivity contribution in [3.05, 3.63) is 109 Å². The van der Waals surface area contributed by atoms with Gasteiger partial charge in [-0.1, -0.05) is 246 Å². The van der Waals surface area contributed by atoms with E-state index in [0.29, 0.717) is 19.3 Å². The molecule has 6 nitrogen and oxygen atoms in total. The van der Waals surface area contributed by atoms with Crippen molar-refractivity contribution in [2.24, 2.45) is 0 Å². The molecule has 0 spiro atoms. The summed E-state index contributed by atoms with van der Waals surface area (Å²) in [4.78, 5) is 38.1. The molecule has 69 heavy (non-hydrogen) atoms. The molecule has 0 saturated carbocycles. The van der Waals surface area contributed by atoms with Crippen molar-refractivity contribution in [1.29, 1.82) is 0 Å². The van der Waals surface area contributed by atoms with Crippen LogP contribution in [0.1, 0.15) is 252 Å². The fourth-order valence-corrected chi connectivity index (χ4v) is 7.53. The number of ether oxygens (including phenoxy) is 3. The maximum atomic E-state index is 12.9. The Kier molecular flexibility index (Phi) is 53.4. The molecule has 0 aliphatic rings. The van der Waals surface area contributed by atoms with Crippen molar-refractivity contribution in [1.82, 2.24) is 0 Å². The lowest BCUT2D eigenvalue weighted by molar-refractivity contribution is -0.166. The SMILES string of the molecule is CC/C=C\C/C=C\C/C=C\C/C=C\C/C=C\C/C=C\CCC(=O)OC[C@@H](COC(=O)CCCCCCCCCCCCCCC)OC(=O)CCCCCCCC/C=C\C/C=C\C/C=C\CCCCC. The van der Waals surface area contributed by atoms with Crippen LogP contribution in [-0.4, -0.2) is 37.2 Å². The van der Waals surface area contributed by atoms with Crippen LogP contribution in [0.15, 0.2) is 109 Å². The van der Waals surface area contributed by atoms with Crippen LogP contribution in [0.2, 0.25) is 0 Å². The number of hydrogen-bond acceptors (Lipinski definition) is 6. The van der Waals surface area contributed by atoms with E-state index in [4.69, 9.17) is 14.2 Å². The zero-order chi connectivity index (χ0) is 50.0. The second kappa shape index (κ2) is 56.7. The first-order chi connectivity index (χ1) is 34.0. The number of esters is 3. The normalized spacial score (nSPS) is 12.9. The second-order valence-corrected chi connectivity index (χ2v) is 18.5. The van der Waals surface area contributed by atoms with Crippen LogP contribution in [-0.2, 0) is 28.6 Å². The number of carbonyl (C=O) groups is 3. The highest BCUT2D eigenvalue weighted by Gasteiger charge is 2.19. The molecule has 0 saturated heterocycles. The summed E-state index contributed by atoms with van der Waals surface area (Å²) >= 11 is 0. The van der Waals surface area contributed by atoms with Crippen LogP contribution in [0.5, 0.6) is 0 Å². The summed E-state index contributed by atoms with van der Waals surface area (Å²) in [6.45, 7) is 6.42. The van der Waals surface area contributed by atoms with Gasteiger partial charge < -0.3 is 14.2 Å². The highest BCUT2D eigenvalue weighted by atomic mass is 16.6. The minimum absolute atomic E-state index is 0.106. The Balaban J connectivity index is 4.52. The van der Waals surface area contributed by atoms with Crippen molar-refractivity contribution in [3.8, 4) is 0 Å². The van der Waals surface area contributed by atoms with Crippen molar-refractivity contribution in [2.75, 3.05) is 13.2 Å². The smallest absolute Gasteiger partial charge is 0.306 e. The van der Waals surface area contributed by atoms with Gasteiger partial charge in [0.05, 0.1) is 0 Å². The monoisotopic (exact) mass is 957 g/mol. The molecule has 6 heteroatoms. The Morgan fingerprint density at radius 2 is 0.594 bits per heavy atom. The minimum Gasteiger partial charge on any atom is -0.462 e. The van der Waals surface area contributed by atoms with Gasteiger partial charge in [0, 0.05) is 19.3 Å². The number of rotatable bonds is 50. The Hall–Kier alpha value is -3.93. The summed E-state index contributed by atoms with van der Waals surface area (Å²) in [5.74, 6) is -1.01. The molecule has 0 aromatic rings. The summed E-state index contributed by atoms with van der Waals surface area (Å²) in [7, 11) is 0. The number of allylic oxidation sites excluding steroid dienone is 18. The highest BCUT2D eigenvalue weighted by molar-refractivity contribution is 5.71. The summed E-state index contributed by atoms with van der Waals surface area (Å²) in [5.41, 5.74) is 0. The third-order valence-corrected chi connectivity index (χ3v) is 11.8. The first-order valence-corrected chi connectivity index (χ1v) is 28.4. The van der Waals surface area contributed by atoms with E-state index in [1.807, 2.05) is 6.08 Å². The van der Waals surface area contributed by atoms with Gasteiger partial charge in [0.15, 0.2) is 6.10 Å². The molecular formula is C63H104O6. The molecule has 0 N–H and O–H groups in total.